The molecule has 0 saturated heterocycles. The van der Waals surface area contributed by atoms with Crippen LogP contribution in [-0.2, 0) is 14.4 Å². The first-order valence-electron chi connectivity index (χ1n) is 7.67. The number of carbonyl (C=O) groups excluding carboxylic acids is 3. The Kier molecular flexibility index (Phi) is 6.06. The van der Waals surface area contributed by atoms with E-state index < -0.39 is 5.91 Å². The molecule has 3 N–H and O–H groups in total. The van der Waals surface area contributed by atoms with E-state index in [-0.39, 0.29) is 17.5 Å². The van der Waals surface area contributed by atoms with Crippen LogP contribution in [0.2, 0.25) is 0 Å². The normalized spacial score (nSPS) is 10.7. The molecule has 0 aliphatic heterocycles. The maximum atomic E-state index is 12.5. The molecule has 0 aromatic heterocycles. The van der Waals surface area contributed by atoms with Crippen LogP contribution in [0, 0.1) is 0 Å². The summed E-state index contributed by atoms with van der Waals surface area (Å²) in [4.78, 5) is 34.8. The molecule has 0 spiro atoms. The standard InChI is InChI=1S/C19H19N3O3/c1-13(23)20-16-8-10-17(11-9-16)22-19(25)18(21-14(2)24)12-15-6-4-3-5-7-15/h3-12H,1-2H3,(H,20,23)(H,21,24)(H,22,25)/b18-12-. The van der Waals surface area contributed by atoms with Gasteiger partial charge in [-0.15, -0.1) is 0 Å². The van der Waals surface area contributed by atoms with Crippen LogP contribution in [0.3, 0.4) is 0 Å². The highest BCUT2D eigenvalue weighted by molar-refractivity contribution is 6.08. The van der Waals surface area contributed by atoms with Gasteiger partial charge in [-0.05, 0) is 35.9 Å². The number of rotatable bonds is 5. The minimum atomic E-state index is -0.439. The summed E-state index contributed by atoms with van der Waals surface area (Å²) in [6.07, 6.45) is 1.60. The number of benzene rings is 2. The van der Waals surface area contributed by atoms with Crippen molar-refractivity contribution in [2.24, 2.45) is 0 Å². The lowest BCUT2D eigenvalue weighted by Crippen LogP contribution is -2.28. The van der Waals surface area contributed by atoms with Crippen LogP contribution in [-0.4, -0.2) is 17.7 Å². The number of anilines is 2. The molecule has 2 rings (SSSR count). The molecule has 0 heterocycles. The lowest BCUT2D eigenvalue weighted by molar-refractivity contribution is -0.120. The van der Waals surface area contributed by atoms with Gasteiger partial charge in [-0.3, -0.25) is 14.4 Å². The van der Waals surface area contributed by atoms with Gasteiger partial charge >= 0.3 is 0 Å². The van der Waals surface area contributed by atoms with Gasteiger partial charge in [0.2, 0.25) is 11.8 Å². The zero-order valence-corrected chi connectivity index (χ0v) is 14.0. The first kappa shape index (κ1) is 17.9. The Balaban J connectivity index is 2.15. The number of carbonyl (C=O) groups is 3. The van der Waals surface area contributed by atoms with E-state index in [1.165, 1.54) is 13.8 Å². The lowest BCUT2D eigenvalue weighted by atomic mass is 10.2. The third-order valence-corrected chi connectivity index (χ3v) is 3.13. The van der Waals surface area contributed by atoms with E-state index >= 15 is 0 Å². The first-order chi connectivity index (χ1) is 11.9. The van der Waals surface area contributed by atoms with E-state index in [1.807, 2.05) is 30.3 Å². The van der Waals surface area contributed by atoms with Crippen LogP contribution in [0.25, 0.3) is 6.08 Å². The van der Waals surface area contributed by atoms with Crippen molar-refractivity contribution in [1.82, 2.24) is 5.32 Å². The molecule has 6 heteroatoms. The first-order valence-corrected chi connectivity index (χ1v) is 7.67. The fourth-order valence-corrected chi connectivity index (χ4v) is 2.10. The molecule has 0 saturated carbocycles. The Morgan fingerprint density at radius 2 is 1.32 bits per heavy atom. The Labute approximate surface area is 145 Å². The van der Waals surface area contributed by atoms with Gasteiger partial charge in [0.1, 0.15) is 5.70 Å². The molecule has 0 aliphatic rings. The summed E-state index contributed by atoms with van der Waals surface area (Å²) in [6.45, 7) is 2.76. The van der Waals surface area contributed by atoms with Gasteiger partial charge in [0.15, 0.2) is 0 Å². The summed E-state index contributed by atoms with van der Waals surface area (Å²) in [6, 6.07) is 15.9. The Morgan fingerprint density at radius 3 is 1.84 bits per heavy atom. The number of amides is 3. The third-order valence-electron chi connectivity index (χ3n) is 3.13. The Bertz CT molecular complexity index is 796. The average molecular weight is 337 g/mol. The number of hydrogen-bond donors (Lipinski definition) is 3. The van der Waals surface area contributed by atoms with Gasteiger partial charge in [-0.1, -0.05) is 30.3 Å². The highest BCUT2D eigenvalue weighted by atomic mass is 16.2. The summed E-state index contributed by atoms with van der Waals surface area (Å²) < 4.78 is 0. The molecule has 0 unspecified atom stereocenters. The van der Waals surface area contributed by atoms with Crippen LogP contribution < -0.4 is 16.0 Å². The molecule has 0 atom stereocenters. The second-order valence-corrected chi connectivity index (χ2v) is 5.36. The van der Waals surface area contributed by atoms with Crippen LogP contribution in [0.15, 0.2) is 60.3 Å². The van der Waals surface area contributed by atoms with Gasteiger partial charge in [0.25, 0.3) is 5.91 Å². The molecule has 25 heavy (non-hydrogen) atoms. The molecule has 0 bridgehead atoms. The monoisotopic (exact) mass is 337 g/mol. The summed E-state index contributed by atoms with van der Waals surface area (Å²) in [5.41, 5.74) is 2.11. The smallest absolute Gasteiger partial charge is 0.272 e. The Hall–Kier alpha value is -3.41. The predicted octanol–water partition coefficient (Wildman–Crippen LogP) is 2.76. The van der Waals surface area contributed by atoms with E-state index in [4.69, 9.17) is 0 Å². The van der Waals surface area contributed by atoms with E-state index in [0.717, 1.165) is 5.56 Å². The van der Waals surface area contributed by atoms with E-state index in [2.05, 4.69) is 16.0 Å². The zero-order valence-electron chi connectivity index (χ0n) is 14.0. The zero-order chi connectivity index (χ0) is 18.2. The Morgan fingerprint density at radius 1 is 0.760 bits per heavy atom. The molecule has 128 valence electrons. The molecule has 0 fully saturated rings. The SMILES string of the molecule is CC(=O)N/C(=C\c1ccccc1)C(=O)Nc1ccc(NC(C)=O)cc1. The molecule has 3 amide bonds. The van der Waals surface area contributed by atoms with Gasteiger partial charge in [0, 0.05) is 25.2 Å². The van der Waals surface area contributed by atoms with Crippen molar-refractivity contribution in [2.45, 2.75) is 13.8 Å². The molecule has 0 aliphatic carbocycles. The van der Waals surface area contributed by atoms with Crippen LogP contribution in [0.5, 0.6) is 0 Å². The molecule has 2 aromatic carbocycles. The number of hydrogen-bond acceptors (Lipinski definition) is 3. The molecule has 6 nitrogen and oxygen atoms in total. The summed E-state index contributed by atoms with van der Waals surface area (Å²) >= 11 is 0. The molecule has 2 aromatic rings. The molecular weight excluding hydrogens is 318 g/mol. The van der Waals surface area contributed by atoms with Crippen LogP contribution in [0.1, 0.15) is 19.4 Å². The van der Waals surface area contributed by atoms with Crippen molar-refractivity contribution in [1.29, 1.82) is 0 Å². The van der Waals surface area contributed by atoms with Crippen LogP contribution in [0.4, 0.5) is 11.4 Å². The topological polar surface area (TPSA) is 87.3 Å². The molecular formula is C19H19N3O3. The highest BCUT2D eigenvalue weighted by Gasteiger charge is 2.11. The third kappa shape index (κ3) is 5.95. The summed E-state index contributed by atoms with van der Waals surface area (Å²) in [5.74, 6) is -0.944. The van der Waals surface area contributed by atoms with Crippen molar-refractivity contribution in [2.75, 3.05) is 10.6 Å². The van der Waals surface area contributed by atoms with Gasteiger partial charge in [0.05, 0.1) is 0 Å². The van der Waals surface area contributed by atoms with Gasteiger partial charge in [-0.2, -0.15) is 0 Å². The lowest BCUT2D eigenvalue weighted by Gasteiger charge is -2.10. The van der Waals surface area contributed by atoms with Crippen molar-refractivity contribution >= 4 is 35.2 Å². The minimum absolute atomic E-state index is 0.143. The van der Waals surface area contributed by atoms with Crippen LogP contribution >= 0.6 is 0 Å². The summed E-state index contributed by atoms with van der Waals surface area (Å²) in [5, 5.41) is 7.90. The fraction of sp³-hybridized carbons (Fsp3) is 0.105. The van der Waals surface area contributed by atoms with Crippen molar-refractivity contribution in [3.8, 4) is 0 Å². The second kappa shape index (κ2) is 8.44. The van der Waals surface area contributed by atoms with E-state index in [0.29, 0.717) is 11.4 Å². The summed E-state index contributed by atoms with van der Waals surface area (Å²) in [7, 11) is 0. The van der Waals surface area contributed by atoms with Gasteiger partial charge in [-0.25, -0.2) is 0 Å². The second-order valence-electron chi connectivity index (χ2n) is 5.36. The highest BCUT2D eigenvalue weighted by Crippen LogP contribution is 2.15. The van der Waals surface area contributed by atoms with Gasteiger partial charge < -0.3 is 16.0 Å². The molecule has 0 radical (unpaired) electrons. The maximum absolute atomic E-state index is 12.5. The van der Waals surface area contributed by atoms with Crippen molar-refractivity contribution < 1.29 is 14.4 Å². The number of nitrogens with one attached hydrogen (secondary N) is 3. The minimum Gasteiger partial charge on any atom is -0.326 e. The van der Waals surface area contributed by atoms with E-state index in [9.17, 15) is 14.4 Å². The quantitative estimate of drug-likeness (QED) is 0.733. The fourth-order valence-electron chi connectivity index (χ4n) is 2.10. The maximum Gasteiger partial charge on any atom is 0.272 e. The average Bonchev–Trinajstić information content (AvgIpc) is 2.56. The predicted molar refractivity (Wildman–Crippen MR) is 97.6 cm³/mol. The van der Waals surface area contributed by atoms with Crippen molar-refractivity contribution in [3.63, 3.8) is 0 Å². The van der Waals surface area contributed by atoms with E-state index in [1.54, 1.807) is 30.3 Å². The van der Waals surface area contributed by atoms with Crippen molar-refractivity contribution in [3.05, 3.63) is 65.9 Å². The largest absolute Gasteiger partial charge is 0.326 e.